The molecule has 0 atom stereocenters. The van der Waals surface area contributed by atoms with Crippen molar-refractivity contribution < 1.29 is 9.18 Å². The molecule has 1 aliphatic heterocycles. The van der Waals surface area contributed by atoms with E-state index in [0.29, 0.717) is 11.3 Å². The Morgan fingerprint density at radius 3 is 2.68 bits per heavy atom. The Balaban J connectivity index is 1.97. The number of carbonyl (C=O) groups excluding carboxylic acids is 1. The molecular formula is C17H13FN2OS. The smallest absolute Gasteiger partial charge is 0.281 e. The predicted molar refractivity (Wildman–Crippen MR) is 88.8 cm³/mol. The number of rotatable bonds is 2. The molecule has 1 saturated heterocycles. The zero-order valence-corrected chi connectivity index (χ0v) is 12.7. The summed E-state index contributed by atoms with van der Waals surface area (Å²) in [6.07, 6.45) is 1.47. The molecule has 110 valence electrons. The topological polar surface area (TPSA) is 32.3 Å². The molecule has 1 fully saturated rings. The summed E-state index contributed by atoms with van der Waals surface area (Å²) in [6, 6.07) is 13.8. The van der Waals surface area contributed by atoms with Gasteiger partial charge < -0.3 is 5.32 Å². The number of amides is 1. The Labute approximate surface area is 133 Å². The van der Waals surface area contributed by atoms with Crippen molar-refractivity contribution in [2.75, 3.05) is 4.90 Å². The van der Waals surface area contributed by atoms with Gasteiger partial charge in [0, 0.05) is 5.56 Å². The van der Waals surface area contributed by atoms with Crippen molar-refractivity contribution >= 4 is 35.0 Å². The highest BCUT2D eigenvalue weighted by Gasteiger charge is 2.32. The molecule has 0 unspecified atom stereocenters. The van der Waals surface area contributed by atoms with Gasteiger partial charge in [-0.2, -0.15) is 0 Å². The summed E-state index contributed by atoms with van der Waals surface area (Å²) in [6.45, 7) is 1.94. The highest BCUT2D eigenvalue weighted by Crippen LogP contribution is 2.23. The summed E-state index contributed by atoms with van der Waals surface area (Å²) in [7, 11) is 0. The van der Waals surface area contributed by atoms with Crippen LogP contribution in [0.3, 0.4) is 0 Å². The predicted octanol–water partition coefficient (Wildman–Crippen LogP) is 3.40. The maximum absolute atomic E-state index is 13.7. The number of aryl methyl sites for hydroxylation is 1. The largest absolute Gasteiger partial charge is 0.327 e. The van der Waals surface area contributed by atoms with Crippen molar-refractivity contribution in [3.05, 3.63) is 71.2 Å². The van der Waals surface area contributed by atoms with Gasteiger partial charge in [-0.15, -0.1) is 0 Å². The zero-order valence-electron chi connectivity index (χ0n) is 11.8. The van der Waals surface area contributed by atoms with E-state index in [9.17, 15) is 9.18 Å². The molecule has 22 heavy (non-hydrogen) atoms. The standard InChI is InChI=1S/C17H13FN2OS/c1-11-5-4-7-13(9-11)20-16(21)15(19-17(20)22)10-12-6-2-3-8-14(12)18/h2-10H,1H3,(H,19,22)/b15-10+. The van der Waals surface area contributed by atoms with Gasteiger partial charge in [-0.25, -0.2) is 4.39 Å². The van der Waals surface area contributed by atoms with E-state index in [1.54, 1.807) is 18.2 Å². The fourth-order valence-corrected chi connectivity index (χ4v) is 2.58. The first-order valence-corrected chi connectivity index (χ1v) is 7.15. The third-order valence-electron chi connectivity index (χ3n) is 3.34. The molecule has 0 spiro atoms. The molecule has 1 amide bonds. The van der Waals surface area contributed by atoms with E-state index in [4.69, 9.17) is 12.2 Å². The van der Waals surface area contributed by atoms with E-state index >= 15 is 0 Å². The monoisotopic (exact) mass is 312 g/mol. The molecule has 1 heterocycles. The van der Waals surface area contributed by atoms with Gasteiger partial charge in [-0.05, 0) is 49.0 Å². The first-order valence-electron chi connectivity index (χ1n) is 6.74. The first-order chi connectivity index (χ1) is 10.6. The van der Waals surface area contributed by atoms with Crippen molar-refractivity contribution in [1.29, 1.82) is 0 Å². The van der Waals surface area contributed by atoms with Crippen molar-refractivity contribution in [3.8, 4) is 0 Å². The molecule has 3 nitrogen and oxygen atoms in total. The van der Waals surface area contributed by atoms with Crippen LogP contribution < -0.4 is 10.2 Å². The van der Waals surface area contributed by atoms with Crippen LogP contribution in [0.15, 0.2) is 54.2 Å². The lowest BCUT2D eigenvalue weighted by Gasteiger charge is -2.14. The van der Waals surface area contributed by atoms with Gasteiger partial charge in [-0.1, -0.05) is 30.3 Å². The quantitative estimate of drug-likeness (QED) is 0.681. The third-order valence-corrected chi connectivity index (χ3v) is 3.63. The minimum atomic E-state index is -0.385. The van der Waals surface area contributed by atoms with Crippen LogP contribution >= 0.6 is 12.2 Å². The zero-order chi connectivity index (χ0) is 15.7. The number of anilines is 1. The van der Waals surface area contributed by atoms with Crippen LogP contribution in [0, 0.1) is 12.7 Å². The van der Waals surface area contributed by atoms with Crippen LogP contribution in [0.4, 0.5) is 10.1 Å². The summed E-state index contributed by atoms with van der Waals surface area (Å²) >= 11 is 5.23. The molecule has 1 N–H and O–H groups in total. The van der Waals surface area contributed by atoms with E-state index in [1.165, 1.54) is 17.0 Å². The number of nitrogens with zero attached hydrogens (tertiary/aromatic N) is 1. The van der Waals surface area contributed by atoms with Crippen molar-refractivity contribution in [3.63, 3.8) is 0 Å². The van der Waals surface area contributed by atoms with Crippen molar-refractivity contribution in [2.24, 2.45) is 0 Å². The number of hydrogen-bond acceptors (Lipinski definition) is 2. The second-order valence-corrected chi connectivity index (χ2v) is 5.38. The lowest BCUT2D eigenvalue weighted by atomic mass is 10.1. The van der Waals surface area contributed by atoms with Crippen LogP contribution in [0.5, 0.6) is 0 Å². The second-order valence-electron chi connectivity index (χ2n) is 4.99. The maximum Gasteiger partial charge on any atom is 0.281 e. The van der Waals surface area contributed by atoms with E-state index in [0.717, 1.165) is 5.56 Å². The highest BCUT2D eigenvalue weighted by molar-refractivity contribution is 7.80. The summed E-state index contributed by atoms with van der Waals surface area (Å²) in [5, 5.41) is 3.14. The van der Waals surface area contributed by atoms with E-state index in [2.05, 4.69) is 5.32 Å². The van der Waals surface area contributed by atoms with E-state index < -0.39 is 0 Å². The number of hydrogen-bond donors (Lipinski definition) is 1. The van der Waals surface area contributed by atoms with Gasteiger partial charge in [0.25, 0.3) is 5.91 Å². The SMILES string of the molecule is Cc1cccc(N2C(=O)/C(=C\c3ccccc3F)NC2=S)c1. The van der Waals surface area contributed by atoms with Crippen LogP contribution in [0.1, 0.15) is 11.1 Å². The van der Waals surface area contributed by atoms with Crippen LogP contribution in [-0.2, 0) is 4.79 Å². The number of halogens is 1. The van der Waals surface area contributed by atoms with Crippen LogP contribution in [0.25, 0.3) is 6.08 Å². The van der Waals surface area contributed by atoms with Crippen LogP contribution in [-0.4, -0.2) is 11.0 Å². The normalized spacial score (nSPS) is 16.3. The number of carbonyl (C=O) groups is 1. The van der Waals surface area contributed by atoms with Crippen LogP contribution in [0.2, 0.25) is 0 Å². The van der Waals surface area contributed by atoms with Gasteiger partial charge in [0.2, 0.25) is 0 Å². The van der Waals surface area contributed by atoms with Gasteiger partial charge in [0.05, 0.1) is 5.69 Å². The van der Waals surface area contributed by atoms with E-state index in [1.807, 2.05) is 31.2 Å². The molecule has 3 rings (SSSR count). The fraction of sp³-hybridized carbons (Fsp3) is 0.0588. The molecule has 5 heteroatoms. The molecule has 2 aromatic rings. The van der Waals surface area contributed by atoms with Crippen molar-refractivity contribution in [1.82, 2.24) is 5.32 Å². The average molecular weight is 312 g/mol. The summed E-state index contributed by atoms with van der Waals surface area (Å²) in [5.74, 6) is -0.677. The Morgan fingerprint density at radius 2 is 1.95 bits per heavy atom. The fourth-order valence-electron chi connectivity index (χ4n) is 2.28. The molecule has 0 aliphatic carbocycles. The molecule has 1 aliphatic rings. The molecule has 2 aromatic carbocycles. The summed E-state index contributed by atoms with van der Waals surface area (Å²) < 4.78 is 13.7. The lowest BCUT2D eigenvalue weighted by molar-refractivity contribution is -0.113. The van der Waals surface area contributed by atoms with E-state index in [-0.39, 0.29) is 22.5 Å². The Hall–Kier alpha value is -2.53. The lowest BCUT2D eigenvalue weighted by Crippen LogP contribution is -2.30. The van der Waals surface area contributed by atoms with Gasteiger partial charge in [0.15, 0.2) is 5.11 Å². The molecule has 0 bridgehead atoms. The molecule has 0 radical (unpaired) electrons. The van der Waals surface area contributed by atoms with Crippen molar-refractivity contribution in [2.45, 2.75) is 6.92 Å². The van der Waals surface area contributed by atoms with Gasteiger partial charge in [0.1, 0.15) is 11.5 Å². The van der Waals surface area contributed by atoms with Gasteiger partial charge in [-0.3, -0.25) is 9.69 Å². The molecule has 0 saturated carbocycles. The maximum atomic E-state index is 13.7. The Kier molecular flexibility index (Phi) is 3.73. The Morgan fingerprint density at radius 1 is 1.18 bits per heavy atom. The minimum Gasteiger partial charge on any atom is -0.327 e. The highest BCUT2D eigenvalue weighted by atomic mass is 32.1. The van der Waals surface area contributed by atoms with Gasteiger partial charge >= 0.3 is 0 Å². The number of thiocarbonyl (C=S) groups is 1. The Bertz CT molecular complexity index is 801. The minimum absolute atomic E-state index is 0.261. The third kappa shape index (κ3) is 2.63. The molecule has 0 aromatic heterocycles. The number of benzene rings is 2. The molecular weight excluding hydrogens is 299 g/mol. The number of nitrogens with one attached hydrogen (secondary N) is 1. The first kappa shape index (κ1) is 14.4. The summed E-state index contributed by atoms with van der Waals surface area (Å²) in [4.78, 5) is 13.9. The summed E-state index contributed by atoms with van der Waals surface area (Å²) in [5.41, 5.74) is 2.32. The average Bonchev–Trinajstić information content (AvgIpc) is 2.76. The second kappa shape index (κ2) is 5.69.